The van der Waals surface area contributed by atoms with Crippen LogP contribution in [-0.2, 0) is 0 Å². The van der Waals surface area contributed by atoms with Crippen molar-refractivity contribution in [3.05, 3.63) is 54.5 Å². The molecule has 0 saturated heterocycles. The summed E-state index contributed by atoms with van der Waals surface area (Å²) in [5.41, 5.74) is 3.62. The first kappa shape index (κ1) is 9.33. The largest absolute Gasteiger partial charge is 0.261 e. The van der Waals surface area contributed by atoms with Gasteiger partial charge in [0.2, 0.25) is 0 Å². The van der Waals surface area contributed by atoms with Gasteiger partial charge in [0, 0.05) is 12.4 Å². The molecule has 0 aliphatic carbocycles. The van der Waals surface area contributed by atoms with Gasteiger partial charge in [-0.05, 0) is 24.3 Å². The van der Waals surface area contributed by atoms with Gasteiger partial charge in [0.15, 0.2) is 0 Å². The number of pyridine rings is 2. The number of nitrogens with zero attached hydrogens (tertiary/aromatic N) is 3. The summed E-state index contributed by atoms with van der Waals surface area (Å²) in [6, 6.07) is 11.2. The summed E-state index contributed by atoms with van der Waals surface area (Å²) in [4.78, 5) is 8.16. The minimum absolute atomic E-state index is 0.713. The zero-order valence-corrected chi connectivity index (χ0v) is 8.04. The van der Waals surface area contributed by atoms with Gasteiger partial charge in [-0.15, -0.1) is 0 Å². The third-order valence-electron chi connectivity index (χ3n) is 1.73. The Balaban J connectivity index is 1.97. The van der Waals surface area contributed by atoms with Crippen molar-refractivity contribution in [2.24, 2.45) is 5.10 Å². The number of nitrogens with one attached hydrogen (secondary N) is 1. The van der Waals surface area contributed by atoms with Crippen molar-refractivity contribution in [3.8, 4) is 0 Å². The zero-order valence-electron chi connectivity index (χ0n) is 8.04. The molecule has 2 aromatic heterocycles. The van der Waals surface area contributed by atoms with Crippen LogP contribution < -0.4 is 5.43 Å². The van der Waals surface area contributed by atoms with E-state index in [0.717, 1.165) is 5.69 Å². The van der Waals surface area contributed by atoms with E-state index in [4.69, 9.17) is 0 Å². The Morgan fingerprint density at radius 2 is 1.80 bits per heavy atom. The highest BCUT2D eigenvalue weighted by Crippen LogP contribution is 1.98. The SMILES string of the molecule is C(=NNc1ccccn1)c1ccccn1. The van der Waals surface area contributed by atoms with Crippen molar-refractivity contribution in [2.75, 3.05) is 5.43 Å². The van der Waals surface area contributed by atoms with E-state index in [1.54, 1.807) is 18.6 Å². The molecule has 1 N–H and O–H groups in total. The van der Waals surface area contributed by atoms with E-state index in [2.05, 4.69) is 20.5 Å². The van der Waals surface area contributed by atoms with Crippen LogP contribution >= 0.6 is 0 Å². The summed E-state index contributed by atoms with van der Waals surface area (Å²) in [5.74, 6) is 0.713. The average molecular weight is 198 g/mol. The lowest BCUT2D eigenvalue weighted by atomic mass is 10.4. The van der Waals surface area contributed by atoms with Crippen LogP contribution in [0.4, 0.5) is 5.82 Å². The molecule has 74 valence electrons. The van der Waals surface area contributed by atoms with Gasteiger partial charge < -0.3 is 0 Å². The minimum Gasteiger partial charge on any atom is -0.261 e. The first-order chi connectivity index (χ1) is 7.45. The molecule has 4 nitrogen and oxygen atoms in total. The number of hydrogen-bond donors (Lipinski definition) is 1. The normalized spacial score (nSPS) is 10.4. The van der Waals surface area contributed by atoms with E-state index < -0.39 is 0 Å². The Hall–Kier alpha value is -2.23. The van der Waals surface area contributed by atoms with Crippen LogP contribution in [0.15, 0.2) is 53.9 Å². The number of hydrogen-bond acceptors (Lipinski definition) is 4. The molecule has 0 atom stereocenters. The summed E-state index contributed by atoms with van der Waals surface area (Å²) in [5, 5.41) is 4.01. The molecule has 0 bridgehead atoms. The van der Waals surface area contributed by atoms with Crippen LogP contribution in [-0.4, -0.2) is 16.2 Å². The van der Waals surface area contributed by atoms with Crippen molar-refractivity contribution in [2.45, 2.75) is 0 Å². The van der Waals surface area contributed by atoms with Gasteiger partial charge in [-0.1, -0.05) is 12.1 Å². The van der Waals surface area contributed by atoms with Crippen molar-refractivity contribution < 1.29 is 0 Å². The Morgan fingerprint density at radius 1 is 1.00 bits per heavy atom. The first-order valence-corrected chi connectivity index (χ1v) is 4.56. The number of rotatable bonds is 3. The van der Waals surface area contributed by atoms with Crippen LogP contribution in [0, 0.1) is 0 Å². The lowest BCUT2D eigenvalue weighted by molar-refractivity contribution is 1.22. The highest BCUT2D eigenvalue weighted by molar-refractivity contribution is 5.77. The highest BCUT2D eigenvalue weighted by Gasteiger charge is 1.87. The predicted molar refractivity (Wildman–Crippen MR) is 59.7 cm³/mol. The molecule has 15 heavy (non-hydrogen) atoms. The molecule has 0 spiro atoms. The molecule has 0 unspecified atom stereocenters. The Morgan fingerprint density at radius 3 is 2.47 bits per heavy atom. The maximum Gasteiger partial charge on any atom is 0.146 e. The molecule has 0 aliphatic rings. The van der Waals surface area contributed by atoms with Crippen LogP contribution in [0.5, 0.6) is 0 Å². The van der Waals surface area contributed by atoms with E-state index in [-0.39, 0.29) is 0 Å². The van der Waals surface area contributed by atoms with Gasteiger partial charge >= 0.3 is 0 Å². The van der Waals surface area contributed by atoms with Gasteiger partial charge in [0.25, 0.3) is 0 Å². The first-order valence-electron chi connectivity index (χ1n) is 4.56. The Labute approximate surface area is 87.7 Å². The summed E-state index contributed by atoms with van der Waals surface area (Å²) in [6.45, 7) is 0. The summed E-state index contributed by atoms with van der Waals surface area (Å²) < 4.78 is 0. The molecule has 0 fully saturated rings. The lowest BCUT2D eigenvalue weighted by Gasteiger charge is -1.96. The third kappa shape index (κ3) is 2.87. The minimum atomic E-state index is 0.713. The fraction of sp³-hybridized carbons (Fsp3) is 0. The Bertz CT molecular complexity index is 425. The summed E-state index contributed by atoms with van der Waals surface area (Å²) >= 11 is 0. The summed E-state index contributed by atoms with van der Waals surface area (Å²) in [7, 11) is 0. The predicted octanol–water partition coefficient (Wildman–Crippen LogP) is 1.92. The topological polar surface area (TPSA) is 50.2 Å². The molecular formula is C11H10N4. The molecule has 0 amide bonds. The monoisotopic (exact) mass is 198 g/mol. The molecule has 4 heteroatoms. The van der Waals surface area contributed by atoms with E-state index in [9.17, 15) is 0 Å². The number of aromatic nitrogens is 2. The fourth-order valence-corrected chi connectivity index (χ4v) is 1.05. The average Bonchev–Trinajstić information content (AvgIpc) is 2.32. The number of hydrazone groups is 1. The standard InChI is InChI=1S/C11H10N4/c1-3-7-12-10(5-1)9-14-15-11-6-2-4-8-13-11/h1-9H,(H,13,15). The Kier molecular flexibility index (Phi) is 3.02. The molecule has 0 aliphatic heterocycles. The van der Waals surface area contributed by atoms with E-state index in [1.807, 2.05) is 36.4 Å². The fourth-order valence-electron chi connectivity index (χ4n) is 1.05. The van der Waals surface area contributed by atoms with Crippen molar-refractivity contribution in [1.82, 2.24) is 9.97 Å². The van der Waals surface area contributed by atoms with Gasteiger partial charge in [-0.2, -0.15) is 5.10 Å². The molecular weight excluding hydrogens is 188 g/mol. The van der Waals surface area contributed by atoms with Gasteiger partial charge in [-0.3, -0.25) is 10.4 Å². The van der Waals surface area contributed by atoms with Crippen LogP contribution in [0.1, 0.15) is 5.69 Å². The van der Waals surface area contributed by atoms with Crippen molar-refractivity contribution in [3.63, 3.8) is 0 Å². The molecule has 0 radical (unpaired) electrons. The lowest BCUT2D eigenvalue weighted by Crippen LogP contribution is -1.93. The molecule has 2 heterocycles. The maximum absolute atomic E-state index is 4.10. The molecule has 2 rings (SSSR count). The summed E-state index contributed by atoms with van der Waals surface area (Å²) in [6.07, 6.45) is 5.08. The quantitative estimate of drug-likeness (QED) is 0.605. The van der Waals surface area contributed by atoms with Gasteiger partial charge in [0.05, 0.1) is 11.9 Å². The molecule has 2 aromatic rings. The third-order valence-corrected chi connectivity index (χ3v) is 1.73. The second-order valence-corrected chi connectivity index (χ2v) is 2.84. The highest BCUT2D eigenvalue weighted by atomic mass is 15.3. The smallest absolute Gasteiger partial charge is 0.146 e. The van der Waals surface area contributed by atoms with E-state index in [0.29, 0.717) is 5.82 Å². The van der Waals surface area contributed by atoms with Gasteiger partial charge in [0.1, 0.15) is 5.82 Å². The maximum atomic E-state index is 4.10. The van der Waals surface area contributed by atoms with Crippen LogP contribution in [0.2, 0.25) is 0 Å². The molecule has 0 saturated carbocycles. The zero-order chi connectivity index (χ0) is 10.3. The van der Waals surface area contributed by atoms with Gasteiger partial charge in [-0.25, -0.2) is 4.98 Å². The molecule has 0 aromatic carbocycles. The number of anilines is 1. The second-order valence-electron chi connectivity index (χ2n) is 2.84. The van der Waals surface area contributed by atoms with Crippen molar-refractivity contribution in [1.29, 1.82) is 0 Å². The van der Waals surface area contributed by atoms with Crippen LogP contribution in [0.25, 0.3) is 0 Å². The van der Waals surface area contributed by atoms with E-state index >= 15 is 0 Å². The van der Waals surface area contributed by atoms with Crippen molar-refractivity contribution >= 4 is 12.0 Å². The van der Waals surface area contributed by atoms with E-state index in [1.165, 1.54) is 0 Å². The second kappa shape index (κ2) is 4.85. The van der Waals surface area contributed by atoms with Crippen LogP contribution in [0.3, 0.4) is 0 Å².